The topological polar surface area (TPSA) is 34.1 Å². The van der Waals surface area contributed by atoms with Crippen LogP contribution in [0.2, 0.25) is 0 Å². The lowest BCUT2D eigenvalue weighted by Gasteiger charge is -2.06. The summed E-state index contributed by atoms with van der Waals surface area (Å²) in [5, 5.41) is 6.61. The van der Waals surface area contributed by atoms with Crippen molar-refractivity contribution in [3.8, 4) is 0 Å². The van der Waals surface area contributed by atoms with Crippen molar-refractivity contribution >= 4 is 38.8 Å². The van der Waals surface area contributed by atoms with Crippen LogP contribution in [0.4, 0.5) is 5.82 Å². The van der Waals surface area contributed by atoms with Gasteiger partial charge < -0.3 is 10.1 Å². The Hall–Kier alpha value is -0.840. The Balaban J connectivity index is 1.80. The second-order valence-electron chi connectivity index (χ2n) is 3.57. The smallest absolute Gasteiger partial charge is 0.134 e. The lowest BCUT2D eigenvalue weighted by molar-refractivity contribution is 0.149. The number of nitrogens with zero attached hydrogens (tertiary/aromatic N) is 1. The van der Waals surface area contributed by atoms with Gasteiger partial charge in [-0.1, -0.05) is 0 Å². The van der Waals surface area contributed by atoms with Gasteiger partial charge in [-0.2, -0.15) is 0 Å². The van der Waals surface area contributed by atoms with E-state index in [9.17, 15) is 0 Å². The number of rotatable bonds is 7. The number of hydrogen-bond acceptors (Lipinski definition) is 4. The summed E-state index contributed by atoms with van der Waals surface area (Å²) in [5.74, 6) is 1.52. The van der Waals surface area contributed by atoms with Gasteiger partial charge >= 0.3 is 0 Å². The summed E-state index contributed by atoms with van der Waals surface area (Å²) in [5.41, 5.74) is 0. The number of halogens is 1. The Bertz CT molecular complexity index is 460. The summed E-state index contributed by atoms with van der Waals surface area (Å²) in [7, 11) is 0. The van der Waals surface area contributed by atoms with Crippen LogP contribution in [0, 0.1) is 0 Å². The van der Waals surface area contributed by atoms with Crippen LogP contribution < -0.4 is 5.32 Å². The molecule has 3 nitrogen and oxygen atoms in total. The lowest BCUT2D eigenvalue weighted by atomic mass is 10.3. The first-order valence-electron chi connectivity index (χ1n) is 5.61. The highest BCUT2D eigenvalue weighted by Gasteiger charge is 2.01. The van der Waals surface area contributed by atoms with Crippen LogP contribution in [0.25, 0.3) is 10.1 Å². The standard InChI is InChI=1S/C12H15ClN2OS/c13-4-8-16-7-1-5-14-12-10-3-9-17-11(10)2-6-15-12/h2-3,6,9H,1,4-5,7-8H2,(H,14,15). The molecule has 1 N–H and O–H groups in total. The van der Waals surface area contributed by atoms with Crippen LogP contribution in [-0.4, -0.2) is 30.6 Å². The van der Waals surface area contributed by atoms with Crippen LogP contribution in [0.15, 0.2) is 23.7 Å². The third kappa shape index (κ3) is 3.56. The molecule has 0 unspecified atom stereocenters. The number of hydrogen-bond donors (Lipinski definition) is 1. The second kappa shape index (κ2) is 6.79. The first-order valence-corrected chi connectivity index (χ1v) is 7.03. The van der Waals surface area contributed by atoms with Crippen molar-refractivity contribution in [3.05, 3.63) is 23.7 Å². The van der Waals surface area contributed by atoms with Gasteiger partial charge in [0, 0.05) is 35.3 Å². The number of pyridine rings is 1. The molecule has 0 atom stereocenters. The predicted octanol–water partition coefficient (Wildman–Crippen LogP) is 3.35. The zero-order chi connectivity index (χ0) is 11.9. The highest BCUT2D eigenvalue weighted by Crippen LogP contribution is 2.25. The molecule has 17 heavy (non-hydrogen) atoms. The van der Waals surface area contributed by atoms with Crippen LogP contribution >= 0.6 is 22.9 Å². The van der Waals surface area contributed by atoms with Gasteiger partial charge in [-0.25, -0.2) is 4.98 Å². The molecule has 0 radical (unpaired) electrons. The van der Waals surface area contributed by atoms with Crippen molar-refractivity contribution in [1.82, 2.24) is 4.98 Å². The molecule has 0 fully saturated rings. The van der Waals surface area contributed by atoms with Crippen molar-refractivity contribution in [2.75, 3.05) is 31.0 Å². The summed E-state index contributed by atoms with van der Waals surface area (Å²) in [6.45, 7) is 2.23. The molecule has 0 aliphatic heterocycles. The zero-order valence-electron chi connectivity index (χ0n) is 9.49. The molecule has 0 spiro atoms. The van der Waals surface area contributed by atoms with Crippen LogP contribution in [0.5, 0.6) is 0 Å². The zero-order valence-corrected chi connectivity index (χ0v) is 11.1. The highest BCUT2D eigenvalue weighted by atomic mass is 35.5. The van der Waals surface area contributed by atoms with Crippen LogP contribution in [-0.2, 0) is 4.74 Å². The van der Waals surface area contributed by atoms with Gasteiger partial charge in [-0.05, 0) is 23.9 Å². The van der Waals surface area contributed by atoms with E-state index in [1.54, 1.807) is 11.3 Å². The third-order valence-electron chi connectivity index (χ3n) is 2.36. The number of anilines is 1. The number of thiophene rings is 1. The van der Waals surface area contributed by atoms with Crippen LogP contribution in [0.3, 0.4) is 0 Å². The minimum absolute atomic E-state index is 0.559. The molecule has 0 saturated carbocycles. The van der Waals surface area contributed by atoms with Crippen molar-refractivity contribution in [2.45, 2.75) is 6.42 Å². The summed E-state index contributed by atoms with van der Waals surface area (Å²) in [6, 6.07) is 4.13. The van der Waals surface area contributed by atoms with Gasteiger partial charge in [-0.3, -0.25) is 0 Å². The molecule has 0 saturated heterocycles. The molecule has 5 heteroatoms. The lowest BCUT2D eigenvalue weighted by Crippen LogP contribution is -2.07. The monoisotopic (exact) mass is 270 g/mol. The van der Waals surface area contributed by atoms with E-state index in [4.69, 9.17) is 16.3 Å². The quantitative estimate of drug-likeness (QED) is 0.619. The molecular formula is C12H15ClN2OS. The van der Waals surface area contributed by atoms with Gasteiger partial charge in [0.1, 0.15) is 5.82 Å². The minimum atomic E-state index is 0.559. The number of alkyl halides is 1. The number of ether oxygens (including phenoxy) is 1. The van der Waals surface area contributed by atoms with E-state index in [1.807, 2.05) is 12.3 Å². The number of fused-ring (bicyclic) bond motifs is 1. The van der Waals surface area contributed by atoms with Crippen LogP contribution in [0.1, 0.15) is 6.42 Å². The summed E-state index contributed by atoms with van der Waals surface area (Å²) < 4.78 is 6.57. The van der Waals surface area contributed by atoms with Gasteiger partial charge in [-0.15, -0.1) is 22.9 Å². The molecule has 2 aromatic rings. The molecule has 2 heterocycles. The summed E-state index contributed by atoms with van der Waals surface area (Å²) in [6.07, 6.45) is 2.80. The second-order valence-corrected chi connectivity index (χ2v) is 4.90. The number of aromatic nitrogens is 1. The third-order valence-corrected chi connectivity index (χ3v) is 3.40. The minimum Gasteiger partial charge on any atom is -0.380 e. The Morgan fingerprint density at radius 1 is 1.35 bits per heavy atom. The van der Waals surface area contributed by atoms with Gasteiger partial charge in [0.2, 0.25) is 0 Å². The molecular weight excluding hydrogens is 256 g/mol. The molecule has 0 amide bonds. The maximum Gasteiger partial charge on any atom is 0.134 e. The SMILES string of the molecule is ClCCOCCCNc1nccc2sccc12. The first kappa shape index (κ1) is 12.6. The Morgan fingerprint density at radius 2 is 2.29 bits per heavy atom. The highest BCUT2D eigenvalue weighted by molar-refractivity contribution is 7.17. The molecule has 0 aliphatic rings. The fourth-order valence-electron chi connectivity index (χ4n) is 1.57. The molecule has 2 rings (SSSR count). The fraction of sp³-hybridized carbons (Fsp3) is 0.417. The van der Waals surface area contributed by atoms with Crippen molar-refractivity contribution < 1.29 is 4.74 Å². The maximum atomic E-state index is 5.51. The first-order chi connectivity index (χ1) is 8.42. The van der Waals surface area contributed by atoms with Crippen molar-refractivity contribution in [1.29, 1.82) is 0 Å². The average Bonchev–Trinajstić information content (AvgIpc) is 2.82. The average molecular weight is 271 g/mol. The van der Waals surface area contributed by atoms with E-state index in [0.717, 1.165) is 25.4 Å². The summed E-state index contributed by atoms with van der Waals surface area (Å²) >= 11 is 7.25. The van der Waals surface area contributed by atoms with E-state index in [1.165, 1.54) is 10.1 Å². The van der Waals surface area contributed by atoms with Gasteiger partial charge in [0.05, 0.1) is 6.61 Å². The predicted molar refractivity (Wildman–Crippen MR) is 74.3 cm³/mol. The van der Waals surface area contributed by atoms with E-state index >= 15 is 0 Å². The van der Waals surface area contributed by atoms with Gasteiger partial charge in [0.25, 0.3) is 0 Å². The normalized spacial score (nSPS) is 10.9. The van der Waals surface area contributed by atoms with Gasteiger partial charge in [0.15, 0.2) is 0 Å². The van der Waals surface area contributed by atoms with E-state index in [-0.39, 0.29) is 0 Å². The Morgan fingerprint density at radius 3 is 3.18 bits per heavy atom. The fourth-order valence-corrected chi connectivity index (χ4v) is 2.46. The molecule has 92 valence electrons. The molecule has 0 aliphatic carbocycles. The van der Waals surface area contributed by atoms with E-state index in [2.05, 4.69) is 21.7 Å². The number of nitrogens with one attached hydrogen (secondary N) is 1. The molecule has 0 aromatic carbocycles. The Kier molecular flexibility index (Phi) is 5.04. The summed E-state index contributed by atoms with van der Waals surface area (Å²) in [4.78, 5) is 4.35. The van der Waals surface area contributed by atoms with Crippen molar-refractivity contribution in [2.24, 2.45) is 0 Å². The maximum absolute atomic E-state index is 5.51. The molecule has 2 aromatic heterocycles. The molecule has 0 bridgehead atoms. The van der Waals surface area contributed by atoms with Crippen molar-refractivity contribution in [3.63, 3.8) is 0 Å². The Labute approximate surface area is 110 Å². The van der Waals surface area contributed by atoms with E-state index < -0.39 is 0 Å². The largest absolute Gasteiger partial charge is 0.380 e. The van der Waals surface area contributed by atoms with E-state index in [0.29, 0.717) is 12.5 Å².